The number of halogens is 1. The van der Waals surface area contributed by atoms with Crippen molar-refractivity contribution in [3.63, 3.8) is 0 Å². The third kappa shape index (κ3) is 6.02. The van der Waals surface area contributed by atoms with Crippen molar-refractivity contribution in [2.45, 2.75) is 31.7 Å². The van der Waals surface area contributed by atoms with Gasteiger partial charge in [0, 0.05) is 31.1 Å². The average molecular weight is 356 g/mol. The highest BCUT2D eigenvalue weighted by molar-refractivity contribution is 5.94. The van der Waals surface area contributed by atoms with Crippen LogP contribution in [0.3, 0.4) is 0 Å². The fraction of sp³-hybridized carbons (Fsp3) is 0.529. The first kappa shape index (κ1) is 20.3. The highest BCUT2D eigenvalue weighted by atomic mass is 35.5. The Hall–Kier alpha value is -1.79. The first-order chi connectivity index (χ1) is 11.1. The number of nitrogens with one attached hydrogen (secondary N) is 2. The van der Waals surface area contributed by atoms with Gasteiger partial charge >= 0.3 is 0 Å². The van der Waals surface area contributed by atoms with Gasteiger partial charge in [-0.1, -0.05) is 6.42 Å². The molecule has 1 aromatic rings. The highest BCUT2D eigenvalue weighted by Crippen LogP contribution is 2.26. The maximum Gasteiger partial charge on any atom is 0.251 e. The minimum Gasteiger partial charge on any atom is -0.497 e. The standard InChI is InChI=1S/C17H25N3O3.ClH/c1-23-14-7-5-12(6-8-14)17(22)20-10-9-19-16(21)11-13-3-2-4-15(13)18;/h5-8,13,15H,2-4,9-11,18H2,1H3,(H,19,21)(H,20,22);1H/t13-,15+;/m0./s1. The Labute approximate surface area is 148 Å². The number of hydrogen-bond acceptors (Lipinski definition) is 4. The maximum atomic E-state index is 11.9. The molecule has 0 spiro atoms. The number of carbonyl (C=O) groups excluding carboxylic acids is 2. The smallest absolute Gasteiger partial charge is 0.251 e. The third-order valence-electron chi connectivity index (χ3n) is 4.25. The fourth-order valence-corrected chi connectivity index (χ4v) is 2.85. The quantitative estimate of drug-likeness (QED) is 0.646. The number of nitrogens with two attached hydrogens (primary N) is 1. The SMILES string of the molecule is COc1ccc(C(=O)NCCNC(=O)C[C@@H]2CCC[C@H]2N)cc1.Cl. The van der Waals surface area contributed by atoms with Crippen molar-refractivity contribution in [2.75, 3.05) is 20.2 Å². The van der Waals surface area contributed by atoms with Crippen LogP contribution in [0.5, 0.6) is 5.75 Å². The van der Waals surface area contributed by atoms with Gasteiger partial charge in [0.25, 0.3) is 5.91 Å². The molecule has 6 nitrogen and oxygen atoms in total. The second-order valence-electron chi connectivity index (χ2n) is 5.89. The minimum atomic E-state index is -0.167. The van der Waals surface area contributed by atoms with Gasteiger partial charge in [-0.05, 0) is 43.0 Å². The Morgan fingerprint density at radius 2 is 1.83 bits per heavy atom. The summed E-state index contributed by atoms with van der Waals surface area (Å²) in [5.74, 6) is 0.841. The third-order valence-corrected chi connectivity index (χ3v) is 4.25. The summed E-state index contributed by atoms with van der Waals surface area (Å²) in [6.07, 6.45) is 3.63. The first-order valence-corrected chi connectivity index (χ1v) is 8.04. The summed E-state index contributed by atoms with van der Waals surface area (Å²) in [5, 5.41) is 5.60. The molecule has 4 N–H and O–H groups in total. The molecule has 24 heavy (non-hydrogen) atoms. The van der Waals surface area contributed by atoms with Crippen LogP contribution < -0.4 is 21.1 Å². The highest BCUT2D eigenvalue weighted by Gasteiger charge is 2.25. The number of methoxy groups -OCH3 is 1. The molecule has 0 aliphatic heterocycles. The van der Waals surface area contributed by atoms with E-state index in [9.17, 15) is 9.59 Å². The van der Waals surface area contributed by atoms with Gasteiger partial charge < -0.3 is 21.1 Å². The summed E-state index contributed by atoms with van der Waals surface area (Å²) in [6, 6.07) is 7.03. The number of amides is 2. The predicted octanol–water partition coefficient (Wildman–Crippen LogP) is 1.48. The molecule has 1 aliphatic carbocycles. The van der Waals surface area contributed by atoms with Crippen molar-refractivity contribution in [1.29, 1.82) is 0 Å². The van der Waals surface area contributed by atoms with Crippen LogP contribution in [0.4, 0.5) is 0 Å². The largest absolute Gasteiger partial charge is 0.497 e. The van der Waals surface area contributed by atoms with Gasteiger partial charge in [0.15, 0.2) is 0 Å². The zero-order valence-corrected chi connectivity index (χ0v) is 14.7. The van der Waals surface area contributed by atoms with Gasteiger partial charge in [-0.2, -0.15) is 0 Å². The molecular formula is C17H26ClN3O3. The zero-order valence-electron chi connectivity index (χ0n) is 13.9. The van der Waals surface area contributed by atoms with Crippen LogP contribution >= 0.6 is 12.4 Å². The number of benzene rings is 1. The van der Waals surface area contributed by atoms with E-state index in [1.807, 2.05) is 0 Å². The van der Waals surface area contributed by atoms with Crippen molar-refractivity contribution in [1.82, 2.24) is 10.6 Å². The van der Waals surface area contributed by atoms with E-state index in [4.69, 9.17) is 10.5 Å². The Kier molecular flexibility index (Phi) is 8.57. The lowest BCUT2D eigenvalue weighted by molar-refractivity contribution is -0.122. The van der Waals surface area contributed by atoms with Crippen LogP contribution in [-0.4, -0.2) is 38.1 Å². The van der Waals surface area contributed by atoms with Gasteiger partial charge in [-0.15, -0.1) is 12.4 Å². The lowest BCUT2D eigenvalue weighted by Crippen LogP contribution is -2.36. The van der Waals surface area contributed by atoms with E-state index < -0.39 is 0 Å². The molecule has 0 aromatic heterocycles. The summed E-state index contributed by atoms with van der Waals surface area (Å²) in [7, 11) is 1.58. The second-order valence-corrected chi connectivity index (χ2v) is 5.89. The van der Waals surface area contributed by atoms with Crippen molar-refractivity contribution < 1.29 is 14.3 Å². The van der Waals surface area contributed by atoms with Crippen molar-refractivity contribution in [2.24, 2.45) is 11.7 Å². The summed E-state index contributed by atoms with van der Waals surface area (Å²) >= 11 is 0. The molecule has 0 radical (unpaired) electrons. The van der Waals surface area contributed by atoms with Crippen LogP contribution in [0.25, 0.3) is 0 Å². The molecule has 1 aliphatic rings. The first-order valence-electron chi connectivity index (χ1n) is 8.04. The summed E-state index contributed by atoms with van der Waals surface area (Å²) in [4.78, 5) is 23.8. The van der Waals surface area contributed by atoms with Crippen LogP contribution in [0, 0.1) is 5.92 Å². The molecule has 7 heteroatoms. The Balaban J connectivity index is 0.00000288. The van der Waals surface area contributed by atoms with E-state index in [0.717, 1.165) is 19.3 Å². The molecule has 1 saturated carbocycles. The van der Waals surface area contributed by atoms with Gasteiger partial charge in [-0.3, -0.25) is 9.59 Å². The van der Waals surface area contributed by atoms with Crippen LogP contribution in [0.1, 0.15) is 36.0 Å². The summed E-state index contributed by atoms with van der Waals surface area (Å²) in [5.41, 5.74) is 6.52. The molecule has 134 valence electrons. The normalized spacial score (nSPS) is 19.2. The number of carbonyl (C=O) groups is 2. The average Bonchev–Trinajstić information content (AvgIpc) is 2.96. The monoisotopic (exact) mass is 355 g/mol. The van der Waals surface area contributed by atoms with E-state index in [1.165, 1.54) is 0 Å². The van der Waals surface area contributed by atoms with Crippen molar-refractivity contribution >= 4 is 24.2 Å². The number of ether oxygens (including phenoxy) is 1. The molecule has 2 rings (SSSR count). The lowest BCUT2D eigenvalue weighted by Gasteiger charge is -2.14. The molecule has 0 unspecified atom stereocenters. The summed E-state index contributed by atoms with van der Waals surface area (Å²) < 4.78 is 5.05. The molecule has 2 atom stereocenters. The Morgan fingerprint density at radius 3 is 2.42 bits per heavy atom. The van der Waals surface area contributed by atoms with Gasteiger partial charge in [0.1, 0.15) is 5.75 Å². The Bertz CT molecular complexity index is 536. The van der Waals surface area contributed by atoms with Crippen LogP contribution in [0.2, 0.25) is 0 Å². The van der Waals surface area contributed by atoms with E-state index in [-0.39, 0.29) is 30.3 Å². The topological polar surface area (TPSA) is 93.5 Å². The van der Waals surface area contributed by atoms with E-state index in [2.05, 4.69) is 10.6 Å². The van der Waals surface area contributed by atoms with Crippen LogP contribution in [-0.2, 0) is 4.79 Å². The zero-order chi connectivity index (χ0) is 16.7. The Morgan fingerprint density at radius 1 is 1.17 bits per heavy atom. The second kappa shape index (κ2) is 10.2. The van der Waals surface area contributed by atoms with Crippen LogP contribution in [0.15, 0.2) is 24.3 Å². The molecule has 1 fully saturated rings. The molecular weight excluding hydrogens is 330 g/mol. The van der Waals surface area contributed by atoms with Gasteiger partial charge in [0.2, 0.25) is 5.91 Å². The van der Waals surface area contributed by atoms with E-state index in [0.29, 0.717) is 36.7 Å². The minimum absolute atomic E-state index is 0. The maximum absolute atomic E-state index is 11.9. The molecule has 0 saturated heterocycles. The van der Waals surface area contributed by atoms with Crippen molar-refractivity contribution in [3.8, 4) is 5.75 Å². The number of hydrogen-bond donors (Lipinski definition) is 3. The predicted molar refractivity (Wildman–Crippen MR) is 95.5 cm³/mol. The molecule has 2 amide bonds. The molecule has 1 aromatic carbocycles. The lowest BCUT2D eigenvalue weighted by atomic mass is 10.00. The molecule has 0 heterocycles. The molecule has 0 bridgehead atoms. The summed E-state index contributed by atoms with van der Waals surface area (Å²) in [6.45, 7) is 0.815. The fourth-order valence-electron chi connectivity index (χ4n) is 2.85. The van der Waals surface area contributed by atoms with Gasteiger partial charge in [-0.25, -0.2) is 0 Å². The van der Waals surface area contributed by atoms with E-state index in [1.54, 1.807) is 31.4 Å². The number of rotatable bonds is 7. The van der Waals surface area contributed by atoms with Gasteiger partial charge in [0.05, 0.1) is 7.11 Å². The van der Waals surface area contributed by atoms with Crippen molar-refractivity contribution in [3.05, 3.63) is 29.8 Å². The van der Waals surface area contributed by atoms with E-state index >= 15 is 0 Å².